The van der Waals surface area contributed by atoms with Gasteiger partial charge in [-0.1, -0.05) is 0 Å². The predicted molar refractivity (Wildman–Crippen MR) is 49.8 cm³/mol. The van der Waals surface area contributed by atoms with Crippen LogP contribution in [0, 0.1) is 6.92 Å². The van der Waals surface area contributed by atoms with Crippen LogP contribution in [0.1, 0.15) is 23.3 Å². The minimum absolute atomic E-state index is 0.138. The normalized spacial score (nSPS) is 12.6. The summed E-state index contributed by atoms with van der Waals surface area (Å²) in [6.07, 6.45) is 0. The van der Waals surface area contributed by atoms with Crippen molar-refractivity contribution >= 4 is 17.2 Å². The highest BCUT2D eigenvalue weighted by Gasteiger charge is 2.16. The summed E-state index contributed by atoms with van der Waals surface area (Å²) >= 11 is 1.58. The van der Waals surface area contributed by atoms with Gasteiger partial charge in [-0.25, -0.2) is 5.84 Å². The quantitative estimate of drug-likeness (QED) is 0.411. The van der Waals surface area contributed by atoms with E-state index in [9.17, 15) is 4.79 Å². The van der Waals surface area contributed by atoms with Gasteiger partial charge >= 0.3 is 0 Å². The van der Waals surface area contributed by atoms with Gasteiger partial charge in [-0.3, -0.25) is 10.2 Å². The van der Waals surface area contributed by atoms with E-state index in [2.05, 4.69) is 5.43 Å². The average molecular weight is 184 g/mol. The van der Waals surface area contributed by atoms with E-state index in [4.69, 9.17) is 5.84 Å². The second kappa shape index (κ2) is 3.69. The van der Waals surface area contributed by atoms with Gasteiger partial charge in [-0.05, 0) is 30.9 Å². The largest absolute Gasteiger partial charge is 0.294 e. The van der Waals surface area contributed by atoms with Crippen molar-refractivity contribution in [1.29, 1.82) is 0 Å². The highest BCUT2D eigenvalue weighted by molar-refractivity contribution is 7.10. The monoisotopic (exact) mass is 184 g/mol. The first kappa shape index (κ1) is 9.22. The van der Waals surface area contributed by atoms with E-state index >= 15 is 0 Å². The molecule has 0 saturated carbocycles. The molecule has 0 aliphatic heterocycles. The van der Waals surface area contributed by atoms with Gasteiger partial charge < -0.3 is 0 Å². The van der Waals surface area contributed by atoms with Crippen LogP contribution >= 0.6 is 11.3 Å². The van der Waals surface area contributed by atoms with E-state index in [-0.39, 0.29) is 11.8 Å². The lowest BCUT2D eigenvalue weighted by atomic mass is 10.1. The molecule has 0 aliphatic rings. The number of carbonyl (C=O) groups is 1. The zero-order valence-electron chi connectivity index (χ0n) is 7.13. The average Bonchev–Trinajstić information content (AvgIpc) is 2.48. The minimum Gasteiger partial charge on any atom is -0.294 e. The number of hydrogen-bond acceptors (Lipinski definition) is 3. The summed E-state index contributed by atoms with van der Waals surface area (Å²) in [7, 11) is 0. The summed E-state index contributed by atoms with van der Waals surface area (Å²) in [4.78, 5) is 12.2. The Hall–Kier alpha value is -0.870. The van der Waals surface area contributed by atoms with Crippen molar-refractivity contribution in [2.75, 3.05) is 0 Å². The number of amides is 1. The zero-order chi connectivity index (χ0) is 9.14. The van der Waals surface area contributed by atoms with Crippen molar-refractivity contribution in [1.82, 2.24) is 5.43 Å². The molecule has 0 spiro atoms. The molecule has 1 atom stereocenters. The van der Waals surface area contributed by atoms with Crippen molar-refractivity contribution in [3.8, 4) is 0 Å². The first-order valence-electron chi connectivity index (χ1n) is 3.71. The lowest BCUT2D eigenvalue weighted by Crippen LogP contribution is -2.33. The highest BCUT2D eigenvalue weighted by atomic mass is 32.1. The Morgan fingerprint density at radius 3 is 2.83 bits per heavy atom. The molecule has 0 bridgehead atoms. The van der Waals surface area contributed by atoms with Gasteiger partial charge in [0.1, 0.15) is 0 Å². The van der Waals surface area contributed by atoms with Crippen LogP contribution in [0.25, 0.3) is 0 Å². The number of nitrogens with two attached hydrogens (primary N) is 1. The summed E-state index contributed by atoms with van der Waals surface area (Å²) in [5, 5.41) is 1.98. The maximum absolute atomic E-state index is 11.1. The Morgan fingerprint density at radius 2 is 2.42 bits per heavy atom. The molecule has 12 heavy (non-hydrogen) atoms. The molecular formula is C8H12N2OS. The smallest absolute Gasteiger partial charge is 0.241 e. The van der Waals surface area contributed by atoms with Crippen LogP contribution in [0.3, 0.4) is 0 Å². The topological polar surface area (TPSA) is 55.1 Å². The van der Waals surface area contributed by atoms with Crippen LogP contribution in [0.2, 0.25) is 0 Å². The van der Waals surface area contributed by atoms with Gasteiger partial charge in [0.2, 0.25) is 5.91 Å². The molecule has 0 fully saturated rings. The third-order valence-electron chi connectivity index (χ3n) is 1.83. The molecule has 1 aromatic rings. The molecule has 3 nitrogen and oxygen atoms in total. The molecule has 1 aromatic heterocycles. The number of rotatable bonds is 2. The number of thiophene rings is 1. The van der Waals surface area contributed by atoms with E-state index in [0.717, 1.165) is 10.4 Å². The standard InChI is InChI=1S/C8H12N2OS/c1-5-3-4-12-7(5)6(2)8(11)10-9/h3-4,6H,9H2,1-2H3,(H,10,11). The fourth-order valence-electron chi connectivity index (χ4n) is 1.07. The van der Waals surface area contributed by atoms with Crippen molar-refractivity contribution in [2.45, 2.75) is 19.8 Å². The number of hydrazine groups is 1. The molecule has 1 heterocycles. The Labute approximate surface area is 75.6 Å². The molecule has 1 rings (SSSR count). The molecule has 0 aromatic carbocycles. The Morgan fingerprint density at radius 1 is 1.75 bits per heavy atom. The summed E-state index contributed by atoms with van der Waals surface area (Å²) in [5.41, 5.74) is 3.30. The Kier molecular flexibility index (Phi) is 2.83. The van der Waals surface area contributed by atoms with E-state index in [0.29, 0.717) is 0 Å². The van der Waals surface area contributed by atoms with Crippen LogP contribution in [0.4, 0.5) is 0 Å². The first-order chi connectivity index (χ1) is 5.66. The van der Waals surface area contributed by atoms with E-state index in [1.165, 1.54) is 0 Å². The third kappa shape index (κ3) is 1.65. The zero-order valence-corrected chi connectivity index (χ0v) is 7.94. The number of hydrogen-bond donors (Lipinski definition) is 2. The van der Waals surface area contributed by atoms with Crippen molar-refractivity contribution < 1.29 is 4.79 Å². The number of aryl methyl sites for hydroxylation is 1. The summed E-state index contributed by atoms with van der Waals surface area (Å²) < 4.78 is 0. The molecule has 4 heteroatoms. The maximum atomic E-state index is 11.1. The first-order valence-corrected chi connectivity index (χ1v) is 4.59. The van der Waals surface area contributed by atoms with Gasteiger partial charge in [0, 0.05) is 4.88 Å². The fraction of sp³-hybridized carbons (Fsp3) is 0.375. The van der Waals surface area contributed by atoms with Crippen LogP contribution in [-0.2, 0) is 4.79 Å². The predicted octanol–water partition coefficient (Wildman–Crippen LogP) is 1.15. The van der Waals surface area contributed by atoms with Gasteiger partial charge in [0.15, 0.2) is 0 Å². The summed E-state index contributed by atoms with van der Waals surface area (Å²) in [5.74, 6) is 4.75. The lowest BCUT2D eigenvalue weighted by molar-refractivity contribution is -0.122. The van der Waals surface area contributed by atoms with Crippen molar-refractivity contribution in [3.63, 3.8) is 0 Å². The van der Waals surface area contributed by atoms with Crippen molar-refractivity contribution in [2.24, 2.45) is 5.84 Å². The van der Waals surface area contributed by atoms with E-state index in [1.807, 2.05) is 25.3 Å². The van der Waals surface area contributed by atoms with Gasteiger partial charge in [0.05, 0.1) is 5.92 Å². The molecule has 0 aliphatic carbocycles. The molecule has 66 valence electrons. The number of nitrogens with one attached hydrogen (secondary N) is 1. The summed E-state index contributed by atoms with van der Waals surface area (Å²) in [6.45, 7) is 3.84. The second-order valence-electron chi connectivity index (χ2n) is 2.70. The SMILES string of the molecule is Cc1ccsc1C(C)C(=O)NN. The molecule has 3 N–H and O–H groups in total. The van der Waals surface area contributed by atoms with Crippen LogP contribution < -0.4 is 11.3 Å². The lowest BCUT2D eigenvalue weighted by Gasteiger charge is -2.07. The Bertz CT molecular complexity index is 282. The highest BCUT2D eigenvalue weighted by Crippen LogP contribution is 2.24. The summed E-state index contributed by atoms with van der Waals surface area (Å²) in [6, 6.07) is 2.00. The van der Waals surface area contributed by atoms with Crippen molar-refractivity contribution in [3.05, 3.63) is 21.9 Å². The molecule has 0 saturated heterocycles. The van der Waals surface area contributed by atoms with Crippen LogP contribution in [0.5, 0.6) is 0 Å². The third-order valence-corrected chi connectivity index (χ3v) is 3.03. The molecule has 1 amide bonds. The van der Waals surface area contributed by atoms with Crippen LogP contribution in [0.15, 0.2) is 11.4 Å². The molecule has 0 radical (unpaired) electrons. The van der Waals surface area contributed by atoms with Gasteiger partial charge in [-0.15, -0.1) is 11.3 Å². The van der Waals surface area contributed by atoms with E-state index < -0.39 is 0 Å². The van der Waals surface area contributed by atoms with Crippen LogP contribution in [-0.4, -0.2) is 5.91 Å². The van der Waals surface area contributed by atoms with Gasteiger partial charge in [-0.2, -0.15) is 0 Å². The molecular weight excluding hydrogens is 172 g/mol. The minimum atomic E-state index is -0.144. The Balaban J connectivity index is 2.84. The fourth-order valence-corrected chi connectivity index (χ4v) is 2.06. The van der Waals surface area contributed by atoms with E-state index in [1.54, 1.807) is 11.3 Å². The van der Waals surface area contributed by atoms with Gasteiger partial charge in [0.25, 0.3) is 0 Å². The second-order valence-corrected chi connectivity index (χ2v) is 3.65. The molecule has 1 unspecified atom stereocenters. The number of carbonyl (C=O) groups excluding carboxylic acids is 1. The maximum Gasteiger partial charge on any atom is 0.241 e.